The van der Waals surface area contributed by atoms with Gasteiger partial charge in [0.2, 0.25) is 0 Å². The van der Waals surface area contributed by atoms with Crippen molar-refractivity contribution in [2.24, 2.45) is 0 Å². The highest BCUT2D eigenvalue weighted by atomic mass is 16.5. The lowest BCUT2D eigenvalue weighted by atomic mass is 10.4. The standard InChI is InChI=1S/C11H22N4O/c1-5-14(4)8-11-9-15(13-12-11)6-7-16-10(2)3/h9-10H,5-8H2,1-4H3. The summed E-state index contributed by atoms with van der Waals surface area (Å²) in [6.45, 7) is 9.50. The van der Waals surface area contributed by atoms with E-state index >= 15 is 0 Å². The van der Waals surface area contributed by atoms with E-state index in [1.807, 2.05) is 24.7 Å². The van der Waals surface area contributed by atoms with Gasteiger partial charge in [-0.15, -0.1) is 5.10 Å². The summed E-state index contributed by atoms with van der Waals surface area (Å²) in [5.41, 5.74) is 1.01. The molecule has 0 aliphatic carbocycles. The van der Waals surface area contributed by atoms with Gasteiger partial charge >= 0.3 is 0 Å². The molecule has 1 aromatic heterocycles. The SMILES string of the molecule is CCN(C)Cc1cn(CCOC(C)C)nn1. The van der Waals surface area contributed by atoms with Crippen molar-refractivity contribution < 1.29 is 4.74 Å². The van der Waals surface area contributed by atoms with Crippen LogP contribution in [0.5, 0.6) is 0 Å². The van der Waals surface area contributed by atoms with E-state index in [1.54, 1.807) is 0 Å². The van der Waals surface area contributed by atoms with Crippen LogP contribution in [0, 0.1) is 0 Å². The van der Waals surface area contributed by atoms with Crippen LogP contribution in [0.2, 0.25) is 0 Å². The lowest BCUT2D eigenvalue weighted by molar-refractivity contribution is 0.0707. The summed E-state index contributed by atoms with van der Waals surface area (Å²) in [6.07, 6.45) is 2.25. The second-order valence-electron chi connectivity index (χ2n) is 4.22. The van der Waals surface area contributed by atoms with Gasteiger partial charge in [0, 0.05) is 12.7 Å². The Kier molecular flexibility index (Phi) is 5.42. The summed E-state index contributed by atoms with van der Waals surface area (Å²) in [7, 11) is 2.07. The molecule has 16 heavy (non-hydrogen) atoms. The Labute approximate surface area is 97.4 Å². The number of ether oxygens (including phenoxy) is 1. The summed E-state index contributed by atoms with van der Waals surface area (Å²) in [6, 6.07) is 0. The van der Waals surface area contributed by atoms with Crippen molar-refractivity contribution in [1.29, 1.82) is 0 Å². The highest BCUT2D eigenvalue weighted by molar-refractivity contribution is 4.91. The van der Waals surface area contributed by atoms with E-state index in [-0.39, 0.29) is 6.10 Å². The zero-order chi connectivity index (χ0) is 12.0. The molecule has 0 amide bonds. The minimum absolute atomic E-state index is 0.272. The summed E-state index contributed by atoms with van der Waals surface area (Å²) in [5, 5.41) is 8.18. The topological polar surface area (TPSA) is 43.2 Å². The minimum Gasteiger partial charge on any atom is -0.377 e. The van der Waals surface area contributed by atoms with Crippen molar-refractivity contribution in [2.75, 3.05) is 20.2 Å². The quantitative estimate of drug-likeness (QED) is 0.699. The van der Waals surface area contributed by atoms with Crippen LogP contribution >= 0.6 is 0 Å². The first-order valence-corrected chi connectivity index (χ1v) is 5.81. The maximum absolute atomic E-state index is 5.46. The Morgan fingerprint density at radius 1 is 1.50 bits per heavy atom. The van der Waals surface area contributed by atoms with E-state index in [4.69, 9.17) is 4.74 Å². The molecule has 1 aromatic rings. The monoisotopic (exact) mass is 226 g/mol. The Morgan fingerprint density at radius 3 is 2.88 bits per heavy atom. The van der Waals surface area contributed by atoms with Crippen molar-refractivity contribution in [3.05, 3.63) is 11.9 Å². The van der Waals surface area contributed by atoms with Gasteiger partial charge < -0.3 is 9.64 Å². The van der Waals surface area contributed by atoms with Crippen LogP contribution in [0.4, 0.5) is 0 Å². The second-order valence-corrected chi connectivity index (χ2v) is 4.22. The molecule has 5 heteroatoms. The maximum Gasteiger partial charge on any atom is 0.0967 e. The van der Waals surface area contributed by atoms with Crippen LogP contribution in [-0.4, -0.2) is 46.2 Å². The molecule has 92 valence electrons. The van der Waals surface area contributed by atoms with Gasteiger partial charge in [0.25, 0.3) is 0 Å². The van der Waals surface area contributed by atoms with Crippen LogP contribution in [0.3, 0.4) is 0 Å². The highest BCUT2D eigenvalue weighted by Gasteiger charge is 2.03. The lowest BCUT2D eigenvalue weighted by Crippen LogP contribution is -2.16. The van der Waals surface area contributed by atoms with E-state index in [2.05, 4.69) is 29.2 Å². The van der Waals surface area contributed by atoms with Gasteiger partial charge in [-0.3, -0.25) is 0 Å². The molecule has 0 spiro atoms. The number of hydrogen-bond donors (Lipinski definition) is 0. The van der Waals surface area contributed by atoms with Crippen molar-refractivity contribution in [2.45, 2.75) is 40.0 Å². The fourth-order valence-corrected chi connectivity index (χ4v) is 1.29. The van der Waals surface area contributed by atoms with Crippen LogP contribution in [0.25, 0.3) is 0 Å². The largest absolute Gasteiger partial charge is 0.377 e. The van der Waals surface area contributed by atoms with Crippen LogP contribution in [0.1, 0.15) is 26.5 Å². The predicted octanol–water partition coefficient (Wildman–Crippen LogP) is 1.15. The molecular formula is C11H22N4O. The molecule has 1 heterocycles. The number of nitrogens with zero attached hydrogens (tertiary/aromatic N) is 4. The van der Waals surface area contributed by atoms with E-state index in [0.717, 1.165) is 25.3 Å². The molecule has 0 aliphatic heterocycles. The van der Waals surface area contributed by atoms with Gasteiger partial charge in [-0.2, -0.15) is 0 Å². The third-order valence-electron chi connectivity index (χ3n) is 2.33. The Balaban J connectivity index is 2.33. The maximum atomic E-state index is 5.46. The summed E-state index contributed by atoms with van der Waals surface area (Å²) in [4.78, 5) is 2.19. The van der Waals surface area contributed by atoms with Crippen molar-refractivity contribution >= 4 is 0 Å². The average Bonchev–Trinajstić information content (AvgIpc) is 2.65. The summed E-state index contributed by atoms with van der Waals surface area (Å²) < 4.78 is 7.29. The first kappa shape index (κ1) is 13.1. The van der Waals surface area contributed by atoms with Gasteiger partial charge in [-0.1, -0.05) is 12.1 Å². The molecular weight excluding hydrogens is 204 g/mol. The van der Waals surface area contributed by atoms with E-state index in [0.29, 0.717) is 6.61 Å². The molecule has 0 fully saturated rings. The van der Waals surface area contributed by atoms with Crippen LogP contribution in [0.15, 0.2) is 6.20 Å². The van der Waals surface area contributed by atoms with Crippen molar-refractivity contribution in [3.8, 4) is 0 Å². The first-order valence-electron chi connectivity index (χ1n) is 5.81. The molecule has 0 saturated heterocycles. The van der Waals surface area contributed by atoms with Gasteiger partial charge in [0.15, 0.2) is 0 Å². The van der Waals surface area contributed by atoms with Gasteiger partial charge in [0.1, 0.15) is 0 Å². The second kappa shape index (κ2) is 6.60. The third kappa shape index (κ3) is 4.72. The van der Waals surface area contributed by atoms with Crippen LogP contribution < -0.4 is 0 Å². The number of hydrogen-bond acceptors (Lipinski definition) is 4. The zero-order valence-corrected chi connectivity index (χ0v) is 10.7. The van der Waals surface area contributed by atoms with Crippen LogP contribution in [-0.2, 0) is 17.8 Å². The Morgan fingerprint density at radius 2 is 2.25 bits per heavy atom. The molecule has 0 aromatic carbocycles. The Bertz CT molecular complexity index is 298. The smallest absolute Gasteiger partial charge is 0.0967 e. The normalized spacial score (nSPS) is 11.6. The molecule has 0 bridgehead atoms. The van der Waals surface area contributed by atoms with Gasteiger partial charge in [0.05, 0.1) is 24.9 Å². The molecule has 0 aliphatic rings. The predicted molar refractivity (Wildman–Crippen MR) is 63.1 cm³/mol. The fraction of sp³-hybridized carbons (Fsp3) is 0.818. The molecule has 0 unspecified atom stereocenters. The minimum atomic E-state index is 0.272. The van der Waals surface area contributed by atoms with Crippen molar-refractivity contribution in [1.82, 2.24) is 19.9 Å². The molecule has 0 saturated carbocycles. The average molecular weight is 226 g/mol. The van der Waals surface area contributed by atoms with E-state index in [1.165, 1.54) is 0 Å². The molecule has 0 radical (unpaired) electrons. The van der Waals surface area contributed by atoms with Gasteiger partial charge in [-0.05, 0) is 27.4 Å². The first-order chi connectivity index (χ1) is 7.61. The third-order valence-corrected chi connectivity index (χ3v) is 2.33. The van der Waals surface area contributed by atoms with Gasteiger partial charge in [-0.25, -0.2) is 4.68 Å². The molecule has 1 rings (SSSR count). The highest BCUT2D eigenvalue weighted by Crippen LogP contribution is 1.98. The molecule has 0 atom stereocenters. The Hall–Kier alpha value is -0.940. The van der Waals surface area contributed by atoms with E-state index in [9.17, 15) is 0 Å². The van der Waals surface area contributed by atoms with E-state index < -0.39 is 0 Å². The summed E-state index contributed by atoms with van der Waals surface area (Å²) in [5.74, 6) is 0. The number of aromatic nitrogens is 3. The van der Waals surface area contributed by atoms with Crippen molar-refractivity contribution in [3.63, 3.8) is 0 Å². The zero-order valence-electron chi connectivity index (χ0n) is 10.7. The summed E-state index contributed by atoms with van der Waals surface area (Å²) >= 11 is 0. The lowest BCUT2D eigenvalue weighted by Gasteiger charge is -2.10. The fourth-order valence-electron chi connectivity index (χ4n) is 1.29. The number of rotatable bonds is 7. The molecule has 5 nitrogen and oxygen atoms in total. The molecule has 0 N–H and O–H groups in total.